The highest BCUT2D eigenvalue weighted by molar-refractivity contribution is 7.90. The molecule has 2 N–H and O–H groups in total. The Morgan fingerprint density at radius 3 is 2.46 bits per heavy atom. The predicted molar refractivity (Wildman–Crippen MR) is 101 cm³/mol. The van der Waals surface area contributed by atoms with Gasteiger partial charge in [0, 0.05) is 19.3 Å². The van der Waals surface area contributed by atoms with E-state index in [0.717, 1.165) is 36.6 Å². The summed E-state index contributed by atoms with van der Waals surface area (Å²) < 4.78 is 23.3. The smallest absolute Gasteiger partial charge is 0.191 e. The first-order chi connectivity index (χ1) is 11.4. The Kier molecular flexibility index (Phi) is 8.82. The second kappa shape index (κ2) is 10.3. The first-order valence-corrected chi connectivity index (χ1v) is 10.6. The van der Waals surface area contributed by atoms with Crippen molar-refractivity contribution < 1.29 is 8.42 Å². The number of guanidine groups is 1. The van der Waals surface area contributed by atoms with Gasteiger partial charge in [0.2, 0.25) is 0 Å². The molecule has 0 saturated heterocycles. The Morgan fingerprint density at radius 1 is 1.12 bits per heavy atom. The van der Waals surface area contributed by atoms with Crippen LogP contribution in [-0.2, 0) is 16.4 Å². The molecule has 6 heteroatoms. The molecule has 0 aromatic heterocycles. The summed E-state index contributed by atoms with van der Waals surface area (Å²) in [6.07, 6.45) is 6.10. The van der Waals surface area contributed by atoms with Gasteiger partial charge in [-0.05, 0) is 37.5 Å². The summed E-state index contributed by atoms with van der Waals surface area (Å²) in [5, 5.41) is 6.58. The number of unbranched alkanes of at least 4 members (excludes halogenated alkanes) is 3. The average Bonchev–Trinajstić information content (AvgIpc) is 2.51. The predicted octanol–water partition coefficient (Wildman–Crippen LogP) is 3.03. The fourth-order valence-electron chi connectivity index (χ4n) is 2.50. The van der Waals surface area contributed by atoms with E-state index in [-0.39, 0.29) is 0 Å². The van der Waals surface area contributed by atoms with E-state index in [9.17, 15) is 8.42 Å². The quantitative estimate of drug-likeness (QED) is 0.407. The van der Waals surface area contributed by atoms with Crippen LogP contribution in [0.3, 0.4) is 0 Å². The Bertz CT molecular complexity index is 640. The van der Waals surface area contributed by atoms with Gasteiger partial charge < -0.3 is 10.6 Å². The van der Waals surface area contributed by atoms with Gasteiger partial charge in [0.1, 0.15) is 0 Å². The summed E-state index contributed by atoms with van der Waals surface area (Å²) in [5.41, 5.74) is 1.77. The lowest BCUT2D eigenvalue weighted by atomic mass is 10.1. The number of aliphatic imine (C=N–C) groups is 1. The van der Waals surface area contributed by atoms with Gasteiger partial charge in [-0.2, -0.15) is 0 Å². The van der Waals surface area contributed by atoms with Crippen molar-refractivity contribution in [1.29, 1.82) is 0 Å². The zero-order chi connectivity index (χ0) is 18.0. The van der Waals surface area contributed by atoms with E-state index in [1.165, 1.54) is 25.5 Å². The van der Waals surface area contributed by atoms with E-state index in [0.29, 0.717) is 11.4 Å². The molecule has 1 rings (SSSR count). The molecule has 1 aromatic carbocycles. The standard InChI is InChI=1S/C18H31N3O2S/c1-5-7-8-9-12-20-18(19-6-2)21-14-16-10-11-17(15(3)13-16)24(4,22)23/h10-11,13H,5-9,12,14H2,1-4H3,(H2,19,20,21). The first-order valence-electron chi connectivity index (χ1n) is 8.70. The third-order valence-electron chi connectivity index (χ3n) is 3.73. The van der Waals surface area contributed by atoms with Crippen molar-refractivity contribution in [3.05, 3.63) is 29.3 Å². The van der Waals surface area contributed by atoms with Crippen LogP contribution in [0, 0.1) is 6.92 Å². The van der Waals surface area contributed by atoms with Crippen molar-refractivity contribution in [3.63, 3.8) is 0 Å². The fraction of sp³-hybridized carbons (Fsp3) is 0.611. The van der Waals surface area contributed by atoms with E-state index in [2.05, 4.69) is 22.5 Å². The van der Waals surface area contributed by atoms with E-state index >= 15 is 0 Å². The Labute approximate surface area is 146 Å². The van der Waals surface area contributed by atoms with Gasteiger partial charge in [-0.3, -0.25) is 0 Å². The number of hydrogen-bond acceptors (Lipinski definition) is 3. The Balaban J connectivity index is 2.67. The molecule has 0 radical (unpaired) electrons. The van der Waals surface area contributed by atoms with Crippen LogP contribution in [0.15, 0.2) is 28.1 Å². The second-order valence-electron chi connectivity index (χ2n) is 6.05. The molecule has 0 aliphatic rings. The van der Waals surface area contributed by atoms with Crippen LogP contribution in [0.2, 0.25) is 0 Å². The fourth-order valence-corrected chi connectivity index (χ4v) is 3.46. The average molecular weight is 354 g/mol. The Morgan fingerprint density at radius 2 is 1.88 bits per heavy atom. The molecule has 0 aliphatic carbocycles. The van der Waals surface area contributed by atoms with Crippen LogP contribution in [0.4, 0.5) is 0 Å². The van der Waals surface area contributed by atoms with Gasteiger partial charge in [0.25, 0.3) is 0 Å². The number of rotatable bonds is 9. The summed E-state index contributed by atoms with van der Waals surface area (Å²) in [7, 11) is -3.17. The minimum Gasteiger partial charge on any atom is -0.357 e. The molecule has 5 nitrogen and oxygen atoms in total. The molecule has 0 heterocycles. The SMILES string of the molecule is CCCCCCNC(=NCc1ccc(S(C)(=O)=O)c(C)c1)NCC. The summed E-state index contributed by atoms with van der Waals surface area (Å²) in [4.78, 5) is 4.96. The van der Waals surface area contributed by atoms with Gasteiger partial charge in [-0.1, -0.05) is 38.3 Å². The highest BCUT2D eigenvalue weighted by atomic mass is 32.2. The van der Waals surface area contributed by atoms with Gasteiger partial charge in [0.05, 0.1) is 11.4 Å². The van der Waals surface area contributed by atoms with Crippen molar-refractivity contribution in [2.45, 2.75) is 57.9 Å². The molecular weight excluding hydrogens is 322 g/mol. The molecule has 0 fully saturated rings. The van der Waals surface area contributed by atoms with Crippen molar-refractivity contribution >= 4 is 15.8 Å². The number of hydrogen-bond donors (Lipinski definition) is 2. The summed E-state index contributed by atoms with van der Waals surface area (Å²) >= 11 is 0. The summed E-state index contributed by atoms with van der Waals surface area (Å²) in [5.74, 6) is 0.804. The van der Waals surface area contributed by atoms with E-state index in [4.69, 9.17) is 0 Å². The maximum Gasteiger partial charge on any atom is 0.191 e. The topological polar surface area (TPSA) is 70.6 Å². The number of benzene rings is 1. The lowest BCUT2D eigenvalue weighted by molar-refractivity contribution is 0.601. The molecular formula is C18H31N3O2S. The molecule has 1 aromatic rings. The van der Waals surface area contributed by atoms with Gasteiger partial charge in [0.15, 0.2) is 15.8 Å². The molecule has 0 amide bonds. The van der Waals surface area contributed by atoms with Crippen LogP contribution < -0.4 is 10.6 Å². The van der Waals surface area contributed by atoms with Gasteiger partial charge in [-0.15, -0.1) is 0 Å². The largest absolute Gasteiger partial charge is 0.357 e. The summed E-state index contributed by atoms with van der Waals surface area (Å²) in [6.45, 7) is 8.32. The molecule has 136 valence electrons. The minimum absolute atomic E-state index is 0.385. The number of nitrogens with zero attached hydrogens (tertiary/aromatic N) is 1. The molecule has 0 saturated carbocycles. The zero-order valence-electron chi connectivity index (χ0n) is 15.4. The van der Waals surface area contributed by atoms with Crippen molar-refractivity contribution in [1.82, 2.24) is 10.6 Å². The van der Waals surface area contributed by atoms with Crippen LogP contribution in [0.25, 0.3) is 0 Å². The van der Waals surface area contributed by atoms with Crippen LogP contribution in [-0.4, -0.2) is 33.7 Å². The molecule has 0 bridgehead atoms. The normalized spacial score (nSPS) is 12.2. The molecule has 0 spiro atoms. The molecule has 0 unspecified atom stereocenters. The highest BCUT2D eigenvalue weighted by Gasteiger charge is 2.10. The second-order valence-corrected chi connectivity index (χ2v) is 8.04. The maximum atomic E-state index is 11.7. The summed E-state index contributed by atoms with van der Waals surface area (Å²) in [6, 6.07) is 5.39. The highest BCUT2D eigenvalue weighted by Crippen LogP contribution is 2.17. The lowest BCUT2D eigenvalue weighted by Gasteiger charge is -2.11. The third kappa shape index (κ3) is 7.34. The third-order valence-corrected chi connectivity index (χ3v) is 4.98. The Hall–Kier alpha value is -1.56. The first kappa shape index (κ1) is 20.5. The van der Waals surface area contributed by atoms with Crippen molar-refractivity contribution in [2.75, 3.05) is 19.3 Å². The van der Waals surface area contributed by atoms with Crippen LogP contribution in [0.1, 0.15) is 50.7 Å². The van der Waals surface area contributed by atoms with Crippen molar-refractivity contribution in [3.8, 4) is 0 Å². The van der Waals surface area contributed by atoms with Crippen LogP contribution >= 0.6 is 0 Å². The number of aryl methyl sites for hydroxylation is 1. The zero-order valence-corrected chi connectivity index (χ0v) is 16.2. The van der Waals surface area contributed by atoms with Gasteiger partial charge in [-0.25, -0.2) is 13.4 Å². The molecule has 24 heavy (non-hydrogen) atoms. The van der Waals surface area contributed by atoms with Gasteiger partial charge >= 0.3 is 0 Å². The monoisotopic (exact) mass is 353 g/mol. The van der Waals surface area contributed by atoms with Crippen LogP contribution in [0.5, 0.6) is 0 Å². The maximum absolute atomic E-state index is 11.7. The molecule has 0 atom stereocenters. The van der Waals surface area contributed by atoms with Crippen molar-refractivity contribution in [2.24, 2.45) is 4.99 Å². The minimum atomic E-state index is -3.17. The number of sulfone groups is 1. The molecule has 0 aliphatic heterocycles. The van der Waals surface area contributed by atoms with E-state index in [1.807, 2.05) is 26.0 Å². The number of nitrogens with one attached hydrogen (secondary N) is 2. The van der Waals surface area contributed by atoms with E-state index in [1.54, 1.807) is 6.07 Å². The lowest BCUT2D eigenvalue weighted by Crippen LogP contribution is -2.37. The van der Waals surface area contributed by atoms with E-state index < -0.39 is 9.84 Å².